The van der Waals surface area contributed by atoms with Gasteiger partial charge in [-0.3, -0.25) is 9.36 Å². The number of rotatable bonds is 1. The number of amides is 1. The van der Waals surface area contributed by atoms with Crippen molar-refractivity contribution in [3.63, 3.8) is 0 Å². The molecule has 5 nitrogen and oxygen atoms in total. The van der Waals surface area contributed by atoms with Crippen molar-refractivity contribution in [2.75, 3.05) is 0 Å². The van der Waals surface area contributed by atoms with Crippen LogP contribution in [0, 0.1) is 5.82 Å². The van der Waals surface area contributed by atoms with Crippen LogP contribution in [0.5, 0.6) is 5.75 Å². The Balaban J connectivity index is 2.12. The minimum Gasteiger partial charge on any atom is -0.458 e. The van der Waals surface area contributed by atoms with E-state index in [0.29, 0.717) is 28.0 Å². The molecular formula is C15H9ClFN3O2. The molecule has 4 rings (SSSR count). The van der Waals surface area contributed by atoms with E-state index in [1.165, 1.54) is 10.6 Å². The molecular weight excluding hydrogens is 309 g/mol. The van der Waals surface area contributed by atoms with E-state index in [-0.39, 0.29) is 5.15 Å². The highest BCUT2D eigenvalue weighted by atomic mass is 35.5. The van der Waals surface area contributed by atoms with E-state index in [0.717, 1.165) is 0 Å². The fourth-order valence-corrected chi connectivity index (χ4v) is 2.86. The first-order chi connectivity index (χ1) is 10.6. The van der Waals surface area contributed by atoms with Gasteiger partial charge >= 0.3 is 0 Å². The summed E-state index contributed by atoms with van der Waals surface area (Å²) in [5.41, 5.74) is 6.92. The Morgan fingerprint density at radius 3 is 2.95 bits per heavy atom. The lowest BCUT2D eigenvalue weighted by atomic mass is 10.2. The lowest BCUT2D eigenvalue weighted by Gasteiger charge is -2.27. The molecule has 1 unspecified atom stereocenters. The fraction of sp³-hybridized carbons (Fsp3) is 0.0667. The number of aromatic nitrogens is 2. The molecule has 0 saturated carbocycles. The zero-order valence-corrected chi connectivity index (χ0v) is 11.8. The van der Waals surface area contributed by atoms with Gasteiger partial charge < -0.3 is 10.5 Å². The number of primary amides is 1. The van der Waals surface area contributed by atoms with Gasteiger partial charge in [0.25, 0.3) is 12.1 Å². The molecule has 0 spiro atoms. The first-order valence-electron chi connectivity index (χ1n) is 6.48. The number of hydrogen-bond acceptors (Lipinski definition) is 3. The number of hydrogen-bond donors (Lipinski definition) is 1. The Hall–Kier alpha value is -2.60. The Kier molecular flexibility index (Phi) is 2.65. The summed E-state index contributed by atoms with van der Waals surface area (Å²) < 4.78 is 21.2. The average Bonchev–Trinajstić information content (AvgIpc) is 2.88. The number of benzene rings is 1. The van der Waals surface area contributed by atoms with Crippen molar-refractivity contribution in [2.24, 2.45) is 5.73 Å². The summed E-state index contributed by atoms with van der Waals surface area (Å²) in [5, 5.41) is 0.638. The molecule has 2 aromatic heterocycles. The minimum absolute atomic E-state index is 0.275. The molecule has 0 saturated heterocycles. The molecule has 3 heterocycles. The number of halogens is 2. The lowest BCUT2D eigenvalue weighted by molar-refractivity contribution is -0.128. The van der Waals surface area contributed by atoms with Crippen LogP contribution in [-0.2, 0) is 4.79 Å². The number of ether oxygens (including phenoxy) is 1. The van der Waals surface area contributed by atoms with Crippen molar-refractivity contribution in [2.45, 2.75) is 6.23 Å². The van der Waals surface area contributed by atoms with E-state index in [1.54, 1.807) is 30.3 Å². The molecule has 1 aliphatic heterocycles. The molecule has 1 atom stereocenters. The van der Waals surface area contributed by atoms with Crippen LogP contribution in [0.2, 0.25) is 5.15 Å². The fourth-order valence-electron chi connectivity index (χ4n) is 2.71. The van der Waals surface area contributed by atoms with Gasteiger partial charge in [-0.2, -0.15) is 0 Å². The third kappa shape index (κ3) is 1.70. The second kappa shape index (κ2) is 4.45. The van der Waals surface area contributed by atoms with Gasteiger partial charge in [0.15, 0.2) is 5.75 Å². The number of carbonyl (C=O) groups excluding carboxylic acids is 1. The maximum absolute atomic E-state index is 14.0. The third-order valence-corrected chi connectivity index (χ3v) is 3.82. The summed E-state index contributed by atoms with van der Waals surface area (Å²) >= 11 is 5.93. The summed E-state index contributed by atoms with van der Waals surface area (Å²) in [5.74, 6) is -0.696. The van der Waals surface area contributed by atoms with E-state index in [2.05, 4.69) is 4.98 Å². The van der Waals surface area contributed by atoms with Gasteiger partial charge in [0.05, 0.1) is 11.2 Å². The predicted molar refractivity (Wildman–Crippen MR) is 79.0 cm³/mol. The molecule has 110 valence electrons. The van der Waals surface area contributed by atoms with Crippen LogP contribution in [0.4, 0.5) is 4.39 Å². The van der Waals surface area contributed by atoms with Crippen LogP contribution in [0.25, 0.3) is 22.3 Å². The van der Waals surface area contributed by atoms with E-state index in [9.17, 15) is 9.18 Å². The molecule has 1 aromatic carbocycles. The highest BCUT2D eigenvalue weighted by molar-refractivity contribution is 6.29. The second-order valence-electron chi connectivity index (χ2n) is 4.93. The van der Waals surface area contributed by atoms with Crippen LogP contribution >= 0.6 is 11.6 Å². The summed E-state index contributed by atoms with van der Waals surface area (Å²) in [7, 11) is 0. The van der Waals surface area contributed by atoms with Crippen molar-refractivity contribution in [1.82, 2.24) is 9.55 Å². The number of nitrogens with two attached hydrogens (primary N) is 1. The molecule has 0 aliphatic carbocycles. The largest absolute Gasteiger partial charge is 0.458 e. The number of pyridine rings is 1. The van der Waals surface area contributed by atoms with Crippen molar-refractivity contribution in [1.29, 1.82) is 0 Å². The Labute approximate surface area is 129 Å². The van der Waals surface area contributed by atoms with E-state index in [1.807, 2.05) is 0 Å². The number of carbonyl (C=O) groups is 1. The Morgan fingerprint density at radius 2 is 2.18 bits per heavy atom. The van der Waals surface area contributed by atoms with Gasteiger partial charge in [0.2, 0.25) is 0 Å². The van der Waals surface area contributed by atoms with Crippen LogP contribution in [0.15, 0.2) is 36.4 Å². The molecule has 3 aromatic rings. The zero-order valence-electron chi connectivity index (χ0n) is 11.1. The normalized spacial score (nSPS) is 16.0. The maximum Gasteiger partial charge on any atom is 0.280 e. The first kappa shape index (κ1) is 13.1. The maximum atomic E-state index is 14.0. The molecule has 0 radical (unpaired) electrons. The van der Waals surface area contributed by atoms with Crippen molar-refractivity contribution in [3.8, 4) is 17.1 Å². The Morgan fingerprint density at radius 1 is 1.36 bits per heavy atom. The van der Waals surface area contributed by atoms with Gasteiger partial charge in [0, 0.05) is 5.39 Å². The first-order valence-corrected chi connectivity index (χ1v) is 6.86. The summed E-state index contributed by atoms with van der Waals surface area (Å²) in [6.07, 6.45) is -1.07. The number of fused-ring (bicyclic) bond motifs is 5. The Bertz CT molecular complexity index is 938. The monoisotopic (exact) mass is 317 g/mol. The number of nitrogens with zero attached hydrogens (tertiary/aromatic N) is 2. The summed E-state index contributed by atoms with van der Waals surface area (Å²) in [4.78, 5) is 16.0. The minimum atomic E-state index is -1.07. The van der Waals surface area contributed by atoms with Gasteiger partial charge in [-0.15, -0.1) is 0 Å². The van der Waals surface area contributed by atoms with Crippen molar-refractivity contribution in [3.05, 3.63) is 47.4 Å². The quantitative estimate of drug-likeness (QED) is 0.702. The standard InChI is InChI=1S/C15H9ClFN3O2/c16-12-5-4-11-13(19-12)10-6-7-8(17)2-1-3-9(7)20(10)15(22-11)14(18)21/h1-6,15H,(H2,18,21). The van der Waals surface area contributed by atoms with Crippen molar-refractivity contribution < 1.29 is 13.9 Å². The molecule has 1 aliphatic rings. The van der Waals surface area contributed by atoms with E-state index >= 15 is 0 Å². The molecule has 0 bridgehead atoms. The van der Waals surface area contributed by atoms with Crippen molar-refractivity contribution >= 4 is 28.4 Å². The summed E-state index contributed by atoms with van der Waals surface area (Å²) in [6, 6.07) is 9.38. The van der Waals surface area contributed by atoms with Crippen LogP contribution in [0.3, 0.4) is 0 Å². The molecule has 2 N–H and O–H groups in total. The third-order valence-electron chi connectivity index (χ3n) is 3.61. The van der Waals surface area contributed by atoms with Gasteiger partial charge in [-0.25, -0.2) is 9.37 Å². The average molecular weight is 318 g/mol. The van der Waals surface area contributed by atoms with Gasteiger partial charge in [-0.05, 0) is 30.3 Å². The SMILES string of the molecule is NC(=O)C1Oc2ccc(Cl)nc2-c2cc3c(F)cccc3n21. The molecule has 22 heavy (non-hydrogen) atoms. The van der Waals surface area contributed by atoms with E-state index < -0.39 is 18.0 Å². The van der Waals surface area contributed by atoms with Crippen LogP contribution in [0.1, 0.15) is 6.23 Å². The molecule has 7 heteroatoms. The molecule has 0 fully saturated rings. The van der Waals surface area contributed by atoms with Gasteiger partial charge in [0.1, 0.15) is 16.7 Å². The van der Waals surface area contributed by atoms with Crippen LogP contribution < -0.4 is 10.5 Å². The smallest absolute Gasteiger partial charge is 0.280 e. The second-order valence-corrected chi connectivity index (χ2v) is 5.31. The zero-order chi connectivity index (χ0) is 15.4. The van der Waals surface area contributed by atoms with Gasteiger partial charge in [-0.1, -0.05) is 17.7 Å². The lowest BCUT2D eigenvalue weighted by Crippen LogP contribution is -2.33. The topological polar surface area (TPSA) is 70.1 Å². The molecule has 1 amide bonds. The predicted octanol–water partition coefficient (Wildman–Crippen LogP) is 2.87. The van der Waals surface area contributed by atoms with E-state index in [4.69, 9.17) is 22.1 Å². The van der Waals surface area contributed by atoms with Crippen LogP contribution in [-0.4, -0.2) is 15.5 Å². The summed E-state index contributed by atoms with van der Waals surface area (Å²) in [6.45, 7) is 0. The highest BCUT2D eigenvalue weighted by Gasteiger charge is 2.32. The highest BCUT2D eigenvalue weighted by Crippen LogP contribution is 2.41.